The van der Waals surface area contributed by atoms with Crippen LogP contribution in [0.2, 0.25) is 0 Å². The molecule has 0 aliphatic rings. The zero-order valence-corrected chi connectivity index (χ0v) is 7.05. The Morgan fingerprint density at radius 3 is 2.40 bits per heavy atom. The van der Waals surface area contributed by atoms with Crippen molar-refractivity contribution < 1.29 is 20.1 Å². The van der Waals surface area contributed by atoms with Gasteiger partial charge < -0.3 is 15.5 Å². The molecule has 0 spiro atoms. The van der Waals surface area contributed by atoms with E-state index in [1.54, 1.807) is 0 Å². The Kier molecular flexibility index (Phi) is 4.13. The van der Waals surface area contributed by atoms with E-state index in [0.29, 0.717) is 6.42 Å². The van der Waals surface area contributed by atoms with Crippen molar-refractivity contribution in [3.05, 3.63) is 0 Å². The molecule has 0 aromatic carbocycles. The van der Waals surface area contributed by atoms with E-state index in [1.807, 2.05) is 6.92 Å². The second-order valence-electron chi connectivity index (χ2n) is 2.39. The lowest BCUT2D eigenvalue weighted by atomic mass is 10.2. The first kappa shape index (κ1) is 10.1. The van der Waals surface area contributed by atoms with Gasteiger partial charge in [-0.2, -0.15) is 0 Å². The van der Waals surface area contributed by atoms with Crippen molar-refractivity contribution in [2.75, 3.05) is 0 Å². The third kappa shape index (κ3) is 4.01. The second-order valence-corrected chi connectivity index (χ2v) is 4.29. The Morgan fingerprint density at radius 1 is 1.60 bits per heavy atom. The highest BCUT2D eigenvalue weighted by Crippen LogP contribution is 2.39. The molecule has 0 saturated heterocycles. The van der Waals surface area contributed by atoms with E-state index in [4.69, 9.17) is 9.79 Å². The van der Waals surface area contributed by atoms with Crippen LogP contribution in [0.4, 0.5) is 0 Å². The average molecular weight is 168 g/mol. The van der Waals surface area contributed by atoms with E-state index in [9.17, 15) is 4.57 Å². The molecule has 0 aromatic heterocycles. The number of rotatable bonds is 4. The highest BCUT2D eigenvalue weighted by atomic mass is 31.2. The van der Waals surface area contributed by atoms with E-state index in [2.05, 4.69) is 5.73 Å². The molecule has 10 heavy (non-hydrogen) atoms. The molecule has 0 aliphatic carbocycles. The topological polar surface area (TPSA) is 85.2 Å². The first-order valence-corrected chi connectivity index (χ1v) is 5.05. The summed E-state index contributed by atoms with van der Waals surface area (Å²) in [6.45, 7) is 1.98. The monoisotopic (exact) mass is 168 g/mol. The van der Waals surface area contributed by atoms with E-state index >= 15 is 0 Å². The summed E-state index contributed by atoms with van der Waals surface area (Å²) in [5.41, 5.74) is 3.38. The molecule has 4 nitrogen and oxygen atoms in total. The highest BCUT2D eigenvalue weighted by Gasteiger charge is 2.27. The first-order chi connectivity index (χ1) is 4.48. The average Bonchev–Trinajstić information content (AvgIpc) is 1.80. The molecule has 0 fully saturated rings. The smallest absolute Gasteiger partial charge is 0.345 e. The maximum Gasteiger partial charge on any atom is 0.382 e. The van der Waals surface area contributed by atoms with Gasteiger partial charge in [0.25, 0.3) is 0 Å². The van der Waals surface area contributed by atoms with Crippen LogP contribution in [-0.2, 0) is 4.57 Å². The number of hydrogen-bond donors (Lipinski definition) is 3. The lowest BCUT2D eigenvalue weighted by Crippen LogP contribution is -2.60. The predicted octanol–water partition coefficient (Wildman–Crippen LogP) is -0.0777. The van der Waals surface area contributed by atoms with Gasteiger partial charge in [-0.15, -0.1) is 0 Å². The molecule has 0 rings (SSSR count). The maximum atomic E-state index is 10.5. The molecule has 0 saturated carbocycles. The van der Waals surface area contributed by atoms with Crippen LogP contribution in [0.15, 0.2) is 0 Å². The molecular formula is C5H15NO3P+. The maximum absolute atomic E-state index is 10.5. The van der Waals surface area contributed by atoms with Gasteiger partial charge in [-0.1, -0.05) is 13.3 Å². The number of unbranched alkanes of at least 4 members (excludes halogenated alkanes) is 1. The Balaban J connectivity index is 3.63. The van der Waals surface area contributed by atoms with Crippen LogP contribution in [0, 0.1) is 0 Å². The van der Waals surface area contributed by atoms with Gasteiger partial charge in [-0.05, 0) is 6.42 Å². The van der Waals surface area contributed by atoms with E-state index < -0.39 is 13.4 Å². The highest BCUT2D eigenvalue weighted by molar-refractivity contribution is 7.52. The van der Waals surface area contributed by atoms with Gasteiger partial charge in [0.2, 0.25) is 0 Å². The molecule has 5 heteroatoms. The van der Waals surface area contributed by atoms with Crippen molar-refractivity contribution in [3.63, 3.8) is 0 Å². The summed E-state index contributed by atoms with van der Waals surface area (Å²) < 4.78 is 10.5. The van der Waals surface area contributed by atoms with Crippen LogP contribution in [0.25, 0.3) is 0 Å². The summed E-state index contributed by atoms with van der Waals surface area (Å²) in [5, 5.41) is 0. The van der Waals surface area contributed by atoms with E-state index in [1.165, 1.54) is 0 Å². The Morgan fingerprint density at radius 2 is 2.10 bits per heavy atom. The van der Waals surface area contributed by atoms with Gasteiger partial charge in [0.15, 0.2) is 5.78 Å². The molecule has 1 atom stereocenters. The summed E-state index contributed by atoms with van der Waals surface area (Å²) in [7, 11) is -3.90. The van der Waals surface area contributed by atoms with E-state index in [-0.39, 0.29) is 0 Å². The first-order valence-electron chi connectivity index (χ1n) is 3.36. The lowest BCUT2D eigenvalue weighted by molar-refractivity contribution is -0.395. The minimum Gasteiger partial charge on any atom is -0.345 e. The quantitative estimate of drug-likeness (QED) is 0.513. The van der Waals surface area contributed by atoms with Crippen molar-refractivity contribution in [1.29, 1.82) is 0 Å². The van der Waals surface area contributed by atoms with Gasteiger partial charge in [-0.3, -0.25) is 4.57 Å². The van der Waals surface area contributed by atoms with Crippen molar-refractivity contribution in [2.24, 2.45) is 0 Å². The van der Waals surface area contributed by atoms with Crippen molar-refractivity contribution in [1.82, 2.24) is 0 Å². The molecule has 0 aromatic rings. The molecule has 5 N–H and O–H groups in total. The summed E-state index contributed by atoms with van der Waals surface area (Å²) >= 11 is 0. The van der Waals surface area contributed by atoms with Crippen LogP contribution in [0.3, 0.4) is 0 Å². The van der Waals surface area contributed by atoms with Gasteiger partial charge in [-0.25, -0.2) is 0 Å². The largest absolute Gasteiger partial charge is 0.382 e. The summed E-state index contributed by atoms with van der Waals surface area (Å²) in [6, 6.07) is 0. The molecule has 0 radical (unpaired) electrons. The van der Waals surface area contributed by atoms with Crippen LogP contribution in [-0.4, -0.2) is 15.6 Å². The summed E-state index contributed by atoms with van der Waals surface area (Å²) in [4.78, 5) is 17.1. The Hall–Kier alpha value is 0.110. The molecule has 0 aliphatic heterocycles. The Bertz CT molecular complexity index is 133. The molecule has 0 bridgehead atoms. The number of hydrogen-bond acceptors (Lipinski definition) is 1. The molecule has 1 unspecified atom stereocenters. The van der Waals surface area contributed by atoms with Crippen LogP contribution >= 0.6 is 7.60 Å². The van der Waals surface area contributed by atoms with Gasteiger partial charge >= 0.3 is 7.60 Å². The lowest BCUT2D eigenvalue weighted by Gasteiger charge is -2.08. The predicted molar refractivity (Wildman–Crippen MR) is 38.2 cm³/mol. The fraction of sp³-hybridized carbons (Fsp3) is 1.00. The molecule has 0 heterocycles. The van der Waals surface area contributed by atoms with Gasteiger partial charge in [0.05, 0.1) is 0 Å². The van der Waals surface area contributed by atoms with Gasteiger partial charge in [0.1, 0.15) is 0 Å². The zero-order valence-electron chi connectivity index (χ0n) is 6.16. The summed E-state index contributed by atoms with van der Waals surface area (Å²) in [5.74, 6) is -0.715. The van der Waals surface area contributed by atoms with Crippen LogP contribution < -0.4 is 5.73 Å². The fourth-order valence-corrected chi connectivity index (χ4v) is 1.13. The van der Waals surface area contributed by atoms with Crippen LogP contribution in [0.1, 0.15) is 26.2 Å². The van der Waals surface area contributed by atoms with Gasteiger partial charge in [0, 0.05) is 6.42 Å². The molecule has 0 amide bonds. The fourth-order valence-electron chi connectivity index (χ4n) is 0.608. The normalized spacial score (nSPS) is 15.2. The van der Waals surface area contributed by atoms with Crippen molar-refractivity contribution in [3.8, 4) is 0 Å². The molecule has 62 valence electrons. The summed E-state index contributed by atoms with van der Waals surface area (Å²) in [6.07, 6.45) is 2.30. The minimum atomic E-state index is -3.90. The zero-order chi connectivity index (χ0) is 8.20. The van der Waals surface area contributed by atoms with Crippen molar-refractivity contribution in [2.45, 2.75) is 32.0 Å². The Labute approximate surface area is 60.6 Å². The third-order valence-corrected chi connectivity index (χ3v) is 2.58. The second kappa shape index (κ2) is 4.09. The molecular weight excluding hydrogens is 153 g/mol. The standard InChI is InChI=1S/C5H14NO3P/c1-2-3-4-5(6)10(7,8)9/h5H,2-4,6H2,1H3,(H2,7,8,9)/p+1. The minimum absolute atomic E-state index is 0.515. The number of quaternary nitrogens is 1. The van der Waals surface area contributed by atoms with Crippen LogP contribution in [0.5, 0.6) is 0 Å². The SMILES string of the molecule is CCCCC([NH3+])P(=O)(O)O. The third-order valence-electron chi connectivity index (χ3n) is 1.37. The van der Waals surface area contributed by atoms with E-state index in [0.717, 1.165) is 12.8 Å². The van der Waals surface area contributed by atoms with Crippen molar-refractivity contribution >= 4 is 7.60 Å².